The van der Waals surface area contributed by atoms with E-state index in [1.807, 2.05) is 51.9 Å². The van der Waals surface area contributed by atoms with E-state index in [1.165, 1.54) is 11.1 Å². The van der Waals surface area contributed by atoms with Crippen molar-refractivity contribution in [3.05, 3.63) is 114 Å². The number of carbonyl (C=O) groups is 1. The number of likely N-dealkylation sites (tertiary alicyclic amines) is 1. The molecule has 1 atom stereocenters. The van der Waals surface area contributed by atoms with Gasteiger partial charge in [0, 0.05) is 43.4 Å². The largest absolute Gasteiger partial charge is 0.381 e. The summed E-state index contributed by atoms with van der Waals surface area (Å²) in [6.07, 6.45) is 3.85. The number of hydrogen-bond donors (Lipinski definition) is 1. The second-order valence-corrected chi connectivity index (χ2v) is 10.4. The molecule has 0 saturated carbocycles. The van der Waals surface area contributed by atoms with Gasteiger partial charge in [0.25, 0.3) is 5.91 Å². The van der Waals surface area contributed by atoms with Crippen molar-refractivity contribution in [3.8, 4) is 5.69 Å². The van der Waals surface area contributed by atoms with Crippen LogP contribution in [0.1, 0.15) is 59.2 Å². The molecule has 3 heterocycles. The number of benzene rings is 3. The quantitative estimate of drug-likeness (QED) is 0.354. The second-order valence-electron chi connectivity index (χ2n) is 10.4. The lowest BCUT2D eigenvalue weighted by atomic mass is 9.84. The van der Waals surface area contributed by atoms with Crippen molar-refractivity contribution in [3.63, 3.8) is 0 Å². The third-order valence-electron chi connectivity index (χ3n) is 7.97. The monoisotopic (exact) mass is 521 g/mol. The zero-order valence-corrected chi connectivity index (χ0v) is 22.2. The highest BCUT2D eigenvalue weighted by Crippen LogP contribution is 2.37. The van der Waals surface area contributed by atoms with Gasteiger partial charge in [-0.15, -0.1) is 10.2 Å². The van der Waals surface area contributed by atoms with Crippen LogP contribution in [-0.2, 0) is 11.3 Å². The summed E-state index contributed by atoms with van der Waals surface area (Å²) in [5.41, 5.74) is 3.34. The zero-order chi connectivity index (χ0) is 26.4. The Bertz CT molecular complexity index is 1310. The lowest BCUT2D eigenvalue weighted by Crippen LogP contribution is -2.41. The van der Waals surface area contributed by atoms with Crippen LogP contribution in [0.4, 0.5) is 0 Å². The Morgan fingerprint density at radius 2 is 1.46 bits per heavy atom. The van der Waals surface area contributed by atoms with Crippen molar-refractivity contribution in [1.82, 2.24) is 25.0 Å². The van der Waals surface area contributed by atoms with Gasteiger partial charge in [0.05, 0.1) is 6.54 Å². The van der Waals surface area contributed by atoms with E-state index in [9.17, 15) is 4.79 Å². The number of nitrogens with zero attached hydrogens (tertiary/aromatic N) is 4. The molecule has 7 nitrogen and oxygen atoms in total. The lowest BCUT2D eigenvalue weighted by Gasteiger charge is -2.32. The van der Waals surface area contributed by atoms with Crippen LogP contribution in [0, 0.1) is 0 Å². The van der Waals surface area contributed by atoms with Crippen molar-refractivity contribution < 1.29 is 9.53 Å². The highest BCUT2D eigenvalue weighted by atomic mass is 16.5. The van der Waals surface area contributed by atoms with E-state index in [0.717, 1.165) is 50.4 Å². The maximum absolute atomic E-state index is 14.3. The smallest absolute Gasteiger partial charge is 0.292 e. The molecule has 2 fully saturated rings. The molecule has 0 aliphatic carbocycles. The van der Waals surface area contributed by atoms with Gasteiger partial charge in [0.2, 0.25) is 5.82 Å². The average Bonchev–Trinajstić information content (AvgIpc) is 3.66. The predicted molar refractivity (Wildman–Crippen MR) is 151 cm³/mol. The Balaban J connectivity index is 1.33. The standard InChI is InChI=1S/C32H35N5O2/c38-32(36-20-10-17-28(36)30(24-11-4-1-5-12-24)25-13-6-2-7-14-25)31-35-34-29(23-33-26-18-21-39-22-19-26)37(31)27-15-8-3-9-16-27/h1-9,11-16,26,28,30,33H,10,17-23H2/t28-/m1/s1. The molecule has 0 spiro atoms. The minimum absolute atomic E-state index is 0.0343. The number of carbonyl (C=O) groups excluding carboxylic acids is 1. The van der Waals surface area contributed by atoms with Gasteiger partial charge in [-0.3, -0.25) is 9.36 Å². The molecule has 0 unspecified atom stereocenters. The maximum Gasteiger partial charge on any atom is 0.292 e. The average molecular weight is 522 g/mol. The van der Waals surface area contributed by atoms with Crippen molar-refractivity contribution in [2.45, 2.75) is 50.2 Å². The summed E-state index contributed by atoms with van der Waals surface area (Å²) in [5, 5.41) is 12.6. The number of ether oxygens (including phenoxy) is 1. The Morgan fingerprint density at radius 3 is 2.10 bits per heavy atom. The topological polar surface area (TPSA) is 72.3 Å². The first-order chi connectivity index (χ1) is 19.3. The van der Waals surface area contributed by atoms with Gasteiger partial charge < -0.3 is 15.0 Å². The molecule has 2 saturated heterocycles. The first-order valence-electron chi connectivity index (χ1n) is 14.0. The van der Waals surface area contributed by atoms with E-state index >= 15 is 0 Å². The number of rotatable bonds is 8. The summed E-state index contributed by atoms with van der Waals surface area (Å²) >= 11 is 0. The van der Waals surface area contributed by atoms with E-state index in [2.05, 4.69) is 64.0 Å². The van der Waals surface area contributed by atoms with Gasteiger partial charge in [-0.25, -0.2) is 0 Å². The van der Waals surface area contributed by atoms with Crippen LogP contribution in [0.15, 0.2) is 91.0 Å². The Kier molecular flexibility index (Phi) is 7.79. The van der Waals surface area contributed by atoms with Crippen LogP contribution in [0.3, 0.4) is 0 Å². The van der Waals surface area contributed by atoms with E-state index in [-0.39, 0.29) is 17.9 Å². The summed E-state index contributed by atoms with van der Waals surface area (Å²) in [6, 6.07) is 31.5. The first-order valence-corrected chi connectivity index (χ1v) is 14.0. The molecular formula is C32H35N5O2. The Hall–Kier alpha value is -3.81. The molecule has 1 amide bonds. The third-order valence-corrected chi connectivity index (χ3v) is 7.97. The van der Waals surface area contributed by atoms with E-state index in [4.69, 9.17) is 4.74 Å². The molecule has 1 N–H and O–H groups in total. The van der Waals surface area contributed by atoms with Gasteiger partial charge in [-0.1, -0.05) is 78.9 Å². The maximum atomic E-state index is 14.3. The molecule has 7 heteroatoms. The normalized spacial score (nSPS) is 18.1. The summed E-state index contributed by atoms with van der Waals surface area (Å²) < 4.78 is 7.44. The molecule has 2 aliphatic rings. The fourth-order valence-electron chi connectivity index (χ4n) is 6.03. The molecular weight excluding hydrogens is 486 g/mol. The number of aromatic nitrogens is 3. The SMILES string of the molecule is O=C(c1nnc(CNC2CCOCC2)n1-c1ccccc1)N1CCC[C@@H]1C(c1ccccc1)c1ccccc1. The van der Waals surface area contributed by atoms with Crippen molar-refractivity contribution >= 4 is 5.91 Å². The molecule has 200 valence electrons. The number of para-hydroxylation sites is 1. The van der Waals surface area contributed by atoms with Crippen LogP contribution < -0.4 is 5.32 Å². The van der Waals surface area contributed by atoms with E-state index < -0.39 is 0 Å². The van der Waals surface area contributed by atoms with Gasteiger partial charge >= 0.3 is 0 Å². The van der Waals surface area contributed by atoms with Gasteiger partial charge in [-0.05, 0) is 48.9 Å². The molecule has 0 radical (unpaired) electrons. The fraction of sp³-hybridized carbons (Fsp3) is 0.344. The van der Waals surface area contributed by atoms with Crippen LogP contribution >= 0.6 is 0 Å². The molecule has 3 aromatic carbocycles. The van der Waals surface area contributed by atoms with Gasteiger partial charge in [0.15, 0.2) is 5.82 Å². The summed E-state index contributed by atoms with van der Waals surface area (Å²) in [4.78, 5) is 16.3. The summed E-state index contributed by atoms with van der Waals surface area (Å²) in [5.74, 6) is 1.14. The zero-order valence-electron chi connectivity index (χ0n) is 22.2. The van der Waals surface area contributed by atoms with Crippen molar-refractivity contribution in [2.24, 2.45) is 0 Å². The second kappa shape index (κ2) is 11.9. The lowest BCUT2D eigenvalue weighted by molar-refractivity contribution is 0.0710. The summed E-state index contributed by atoms with van der Waals surface area (Å²) in [7, 11) is 0. The summed E-state index contributed by atoms with van der Waals surface area (Å²) in [6.45, 7) is 2.79. The van der Waals surface area contributed by atoms with E-state index in [0.29, 0.717) is 25.0 Å². The molecule has 2 aliphatic heterocycles. The minimum atomic E-state index is -0.0666. The molecule has 1 aromatic heterocycles. The third kappa shape index (κ3) is 5.51. The number of hydrogen-bond acceptors (Lipinski definition) is 5. The first kappa shape index (κ1) is 25.5. The predicted octanol–water partition coefficient (Wildman–Crippen LogP) is 4.97. The van der Waals surface area contributed by atoms with Crippen molar-refractivity contribution in [2.75, 3.05) is 19.8 Å². The van der Waals surface area contributed by atoms with Crippen LogP contribution in [0.5, 0.6) is 0 Å². The van der Waals surface area contributed by atoms with Gasteiger partial charge in [-0.2, -0.15) is 0 Å². The van der Waals surface area contributed by atoms with Crippen LogP contribution in [0.2, 0.25) is 0 Å². The number of amides is 1. The van der Waals surface area contributed by atoms with E-state index in [1.54, 1.807) is 0 Å². The minimum Gasteiger partial charge on any atom is -0.381 e. The molecule has 0 bridgehead atoms. The highest BCUT2D eigenvalue weighted by Gasteiger charge is 2.38. The van der Waals surface area contributed by atoms with Crippen molar-refractivity contribution in [1.29, 1.82) is 0 Å². The molecule has 6 rings (SSSR count). The molecule has 4 aromatic rings. The number of nitrogens with one attached hydrogen (secondary N) is 1. The Morgan fingerprint density at radius 1 is 0.846 bits per heavy atom. The Labute approximate surface area is 229 Å². The highest BCUT2D eigenvalue weighted by molar-refractivity contribution is 5.92. The van der Waals surface area contributed by atoms with Crippen LogP contribution in [-0.4, -0.2) is 57.4 Å². The fourth-order valence-corrected chi connectivity index (χ4v) is 6.03. The van der Waals surface area contributed by atoms with Crippen LogP contribution in [0.25, 0.3) is 5.69 Å². The molecule has 39 heavy (non-hydrogen) atoms. The van der Waals surface area contributed by atoms with Gasteiger partial charge in [0.1, 0.15) is 0 Å².